The van der Waals surface area contributed by atoms with Crippen LogP contribution >= 0.6 is 0 Å². The second-order valence-electron chi connectivity index (χ2n) is 5.25. The molecule has 1 heterocycles. The number of ether oxygens (including phenoxy) is 2. The van der Waals surface area contributed by atoms with Gasteiger partial charge in [-0.1, -0.05) is 6.07 Å². The molecule has 1 aliphatic rings. The quantitative estimate of drug-likeness (QED) is 0.706. The number of hydrogen-bond acceptors (Lipinski definition) is 6. The van der Waals surface area contributed by atoms with Gasteiger partial charge in [-0.25, -0.2) is 0 Å². The first-order valence-corrected chi connectivity index (χ1v) is 7.59. The number of piperazine rings is 1. The molecule has 0 amide bonds. The molecule has 2 rings (SSSR count). The molecule has 0 spiro atoms. The van der Waals surface area contributed by atoms with Gasteiger partial charge in [0.2, 0.25) is 0 Å². The zero-order valence-electron chi connectivity index (χ0n) is 13.0. The van der Waals surface area contributed by atoms with Crippen LogP contribution in [0.25, 0.3) is 0 Å². The summed E-state index contributed by atoms with van der Waals surface area (Å²) in [5, 5.41) is 8.94. The molecule has 1 fully saturated rings. The van der Waals surface area contributed by atoms with Gasteiger partial charge in [-0.15, -0.1) is 0 Å². The monoisotopic (exact) mass is 308 g/mol. The lowest BCUT2D eigenvalue weighted by molar-refractivity contribution is 0.100. The molecule has 0 saturated carbocycles. The van der Waals surface area contributed by atoms with Crippen molar-refractivity contribution in [3.05, 3.63) is 23.8 Å². The van der Waals surface area contributed by atoms with E-state index in [1.165, 1.54) is 0 Å². The standard InChI is InChI=1S/C16H24N2O4/c1-21-15-4-2-3-14(13-20)16(15)22-12-10-18-7-5-17(6-8-18)9-11-19/h2-4,13,19H,5-12H2,1H3. The summed E-state index contributed by atoms with van der Waals surface area (Å²) in [7, 11) is 1.57. The van der Waals surface area contributed by atoms with Crippen LogP contribution in [-0.2, 0) is 0 Å². The fourth-order valence-corrected chi connectivity index (χ4v) is 2.60. The third kappa shape index (κ3) is 4.43. The number of aliphatic hydroxyl groups excluding tert-OH is 1. The maximum atomic E-state index is 11.1. The first kappa shape index (κ1) is 16.7. The zero-order chi connectivity index (χ0) is 15.8. The lowest BCUT2D eigenvalue weighted by Gasteiger charge is -2.34. The number of benzene rings is 1. The van der Waals surface area contributed by atoms with Crippen LogP contribution in [-0.4, -0.2) is 80.8 Å². The molecule has 1 aliphatic heterocycles. The first-order chi connectivity index (χ1) is 10.8. The van der Waals surface area contributed by atoms with E-state index in [1.807, 2.05) is 0 Å². The molecule has 0 atom stereocenters. The molecular weight excluding hydrogens is 284 g/mol. The fraction of sp³-hybridized carbons (Fsp3) is 0.562. The Morgan fingerprint density at radius 3 is 2.45 bits per heavy atom. The molecule has 0 unspecified atom stereocenters. The molecule has 0 bridgehead atoms. The molecular formula is C16H24N2O4. The third-order valence-corrected chi connectivity index (χ3v) is 3.89. The Bertz CT molecular complexity index is 473. The maximum Gasteiger partial charge on any atom is 0.171 e. The largest absolute Gasteiger partial charge is 0.493 e. The van der Waals surface area contributed by atoms with Gasteiger partial charge in [0.25, 0.3) is 0 Å². The molecule has 1 aromatic carbocycles. The van der Waals surface area contributed by atoms with Gasteiger partial charge in [-0.05, 0) is 12.1 Å². The van der Waals surface area contributed by atoms with E-state index in [0.717, 1.165) is 45.6 Å². The number of aldehydes is 1. The third-order valence-electron chi connectivity index (χ3n) is 3.89. The summed E-state index contributed by atoms with van der Waals surface area (Å²) in [5.74, 6) is 1.09. The summed E-state index contributed by atoms with van der Waals surface area (Å²) in [4.78, 5) is 15.7. The van der Waals surface area contributed by atoms with Gasteiger partial charge in [0.15, 0.2) is 17.8 Å². The molecule has 0 aliphatic carbocycles. The first-order valence-electron chi connectivity index (χ1n) is 7.59. The Kier molecular flexibility index (Phi) is 6.64. The Balaban J connectivity index is 1.81. The highest BCUT2D eigenvalue weighted by Crippen LogP contribution is 2.29. The number of para-hydroxylation sites is 1. The van der Waals surface area contributed by atoms with Crippen molar-refractivity contribution in [2.45, 2.75) is 0 Å². The number of carbonyl (C=O) groups excluding carboxylic acids is 1. The smallest absolute Gasteiger partial charge is 0.171 e. The van der Waals surface area contributed by atoms with Crippen molar-refractivity contribution in [3.63, 3.8) is 0 Å². The Morgan fingerprint density at radius 1 is 1.18 bits per heavy atom. The predicted octanol–water partition coefficient (Wildman–Crippen LogP) is 0.496. The SMILES string of the molecule is COc1cccc(C=O)c1OCCN1CCN(CCO)CC1. The average molecular weight is 308 g/mol. The highest BCUT2D eigenvalue weighted by molar-refractivity contribution is 5.81. The summed E-state index contributed by atoms with van der Waals surface area (Å²) in [5.41, 5.74) is 0.507. The summed E-state index contributed by atoms with van der Waals surface area (Å²) in [6.07, 6.45) is 0.783. The lowest BCUT2D eigenvalue weighted by Crippen LogP contribution is -2.48. The van der Waals surface area contributed by atoms with Crippen molar-refractivity contribution in [1.29, 1.82) is 0 Å². The second-order valence-corrected chi connectivity index (χ2v) is 5.25. The van der Waals surface area contributed by atoms with Crippen molar-refractivity contribution in [3.8, 4) is 11.5 Å². The van der Waals surface area contributed by atoms with Crippen LogP contribution < -0.4 is 9.47 Å². The number of hydrogen-bond donors (Lipinski definition) is 1. The molecule has 1 saturated heterocycles. The van der Waals surface area contributed by atoms with Crippen LogP contribution in [0, 0.1) is 0 Å². The minimum Gasteiger partial charge on any atom is -0.493 e. The Labute approximate surface area is 131 Å². The molecule has 6 nitrogen and oxygen atoms in total. The number of methoxy groups -OCH3 is 1. The van der Waals surface area contributed by atoms with Gasteiger partial charge in [0.05, 0.1) is 19.3 Å². The van der Waals surface area contributed by atoms with Gasteiger partial charge >= 0.3 is 0 Å². The van der Waals surface area contributed by atoms with Crippen LogP contribution in [0.5, 0.6) is 11.5 Å². The zero-order valence-corrected chi connectivity index (χ0v) is 13.0. The number of aliphatic hydroxyl groups is 1. The van der Waals surface area contributed by atoms with Crippen LogP contribution in [0.1, 0.15) is 10.4 Å². The van der Waals surface area contributed by atoms with Gasteiger partial charge in [0, 0.05) is 39.3 Å². The lowest BCUT2D eigenvalue weighted by atomic mass is 10.2. The summed E-state index contributed by atoms with van der Waals surface area (Å²) in [6.45, 7) is 6.15. The van der Waals surface area contributed by atoms with Gasteiger partial charge < -0.3 is 14.6 Å². The number of rotatable bonds is 8. The van der Waals surface area contributed by atoms with Crippen LogP contribution in [0.3, 0.4) is 0 Å². The van der Waals surface area contributed by atoms with Gasteiger partial charge in [-0.2, -0.15) is 0 Å². The normalized spacial score (nSPS) is 16.5. The van der Waals surface area contributed by atoms with Crippen molar-refractivity contribution in [2.75, 3.05) is 59.6 Å². The Hall–Kier alpha value is -1.63. The van der Waals surface area contributed by atoms with Crippen molar-refractivity contribution in [2.24, 2.45) is 0 Å². The minimum atomic E-state index is 0.214. The van der Waals surface area contributed by atoms with Crippen molar-refractivity contribution < 1.29 is 19.4 Å². The topological polar surface area (TPSA) is 62.2 Å². The summed E-state index contributed by atoms with van der Waals surface area (Å²) >= 11 is 0. The van der Waals surface area contributed by atoms with Gasteiger partial charge in [-0.3, -0.25) is 14.6 Å². The van der Waals surface area contributed by atoms with E-state index in [2.05, 4.69) is 9.80 Å². The molecule has 1 N–H and O–H groups in total. The van der Waals surface area contributed by atoms with Gasteiger partial charge in [0.1, 0.15) is 6.61 Å². The molecule has 0 radical (unpaired) electrons. The van der Waals surface area contributed by atoms with E-state index < -0.39 is 0 Å². The average Bonchev–Trinajstić information content (AvgIpc) is 2.56. The number of β-amino-alcohol motifs (C(OH)–C–C–N with tert-alkyl or cyclic N) is 1. The number of carbonyl (C=O) groups is 1. The maximum absolute atomic E-state index is 11.1. The van der Waals surface area contributed by atoms with Crippen LogP contribution in [0.4, 0.5) is 0 Å². The fourth-order valence-electron chi connectivity index (χ4n) is 2.60. The van der Waals surface area contributed by atoms with Crippen LogP contribution in [0.2, 0.25) is 0 Å². The second kappa shape index (κ2) is 8.73. The molecule has 0 aromatic heterocycles. The van der Waals surface area contributed by atoms with E-state index in [1.54, 1.807) is 25.3 Å². The summed E-state index contributed by atoms with van der Waals surface area (Å²) < 4.78 is 11.0. The predicted molar refractivity (Wildman–Crippen MR) is 83.8 cm³/mol. The van der Waals surface area contributed by atoms with Crippen molar-refractivity contribution >= 4 is 6.29 Å². The van der Waals surface area contributed by atoms with E-state index in [0.29, 0.717) is 23.7 Å². The Morgan fingerprint density at radius 2 is 1.86 bits per heavy atom. The van der Waals surface area contributed by atoms with E-state index in [4.69, 9.17) is 14.6 Å². The minimum absolute atomic E-state index is 0.214. The highest BCUT2D eigenvalue weighted by atomic mass is 16.5. The van der Waals surface area contributed by atoms with Crippen molar-refractivity contribution in [1.82, 2.24) is 9.80 Å². The number of nitrogens with zero attached hydrogens (tertiary/aromatic N) is 2. The molecule has 6 heteroatoms. The van der Waals surface area contributed by atoms with E-state index in [9.17, 15) is 4.79 Å². The van der Waals surface area contributed by atoms with E-state index in [-0.39, 0.29) is 6.61 Å². The summed E-state index contributed by atoms with van der Waals surface area (Å²) in [6, 6.07) is 5.28. The molecule has 22 heavy (non-hydrogen) atoms. The van der Waals surface area contributed by atoms with E-state index >= 15 is 0 Å². The molecule has 1 aromatic rings. The van der Waals surface area contributed by atoms with Crippen LogP contribution in [0.15, 0.2) is 18.2 Å². The molecule has 122 valence electrons. The highest BCUT2D eigenvalue weighted by Gasteiger charge is 2.16.